The fraction of sp³-hybridized carbons (Fsp3) is 0. The van der Waals surface area contributed by atoms with Gasteiger partial charge in [0.1, 0.15) is 11.4 Å². The van der Waals surface area contributed by atoms with Crippen molar-refractivity contribution in [2.24, 2.45) is 0 Å². The Balaban J connectivity index is 1.84. The van der Waals surface area contributed by atoms with E-state index in [4.69, 9.17) is 16.3 Å². The highest BCUT2D eigenvalue weighted by Gasteiger charge is 2.12. The van der Waals surface area contributed by atoms with Gasteiger partial charge in [-0.25, -0.2) is 0 Å². The van der Waals surface area contributed by atoms with Crippen LogP contribution in [0.1, 0.15) is 0 Å². The summed E-state index contributed by atoms with van der Waals surface area (Å²) in [5.41, 5.74) is 1.86. The van der Waals surface area contributed by atoms with Crippen LogP contribution in [0.5, 0.6) is 11.6 Å². The number of benzene rings is 3. The van der Waals surface area contributed by atoms with Gasteiger partial charge in [0, 0.05) is 21.4 Å². The number of aromatic nitrogens is 2. The van der Waals surface area contributed by atoms with Crippen molar-refractivity contribution in [3.63, 3.8) is 0 Å². The first-order chi connectivity index (χ1) is 11.8. The summed E-state index contributed by atoms with van der Waals surface area (Å²) in [6.07, 6.45) is 0. The third kappa shape index (κ3) is 2.82. The van der Waals surface area contributed by atoms with Crippen LogP contribution in [-0.4, -0.2) is 10.2 Å². The van der Waals surface area contributed by atoms with Crippen molar-refractivity contribution in [1.82, 2.24) is 10.2 Å². The number of ether oxygens (including phenoxy) is 1. The first-order valence-corrected chi connectivity index (χ1v) is 7.93. The van der Waals surface area contributed by atoms with E-state index in [-0.39, 0.29) is 0 Å². The van der Waals surface area contributed by atoms with Crippen LogP contribution < -0.4 is 4.74 Å². The molecule has 4 rings (SSSR count). The average Bonchev–Trinajstić information content (AvgIpc) is 2.63. The number of hydrogen-bond donors (Lipinski definition) is 0. The molecule has 0 amide bonds. The zero-order chi connectivity index (χ0) is 16.4. The minimum atomic E-state index is 0.465. The summed E-state index contributed by atoms with van der Waals surface area (Å²) in [4.78, 5) is 0. The molecule has 1 heterocycles. The molecular formula is C20H13ClN2O. The van der Waals surface area contributed by atoms with Gasteiger partial charge in [0.25, 0.3) is 0 Å². The molecule has 0 atom stereocenters. The lowest BCUT2D eigenvalue weighted by Crippen LogP contribution is -1.95. The molecule has 3 aromatic carbocycles. The predicted octanol–water partition coefficient (Wildman–Crippen LogP) is 5.74. The molecule has 0 saturated heterocycles. The van der Waals surface area contributed by atoms with Crippen LogP contribution in [0.15, 0.2) is 78.9 Å². The Kier molecular flexibility index (Phi) is 3.85. The van der Waals surface area contributed by atoms with Crippen LogP contribution in [0, 0.1) is 0 Å². The van der Waals surface area contributed by atoms with Crippen molar-refractivity contribution in [3.8, 4) is 22.9 Å². The Labute approximate surface area is 144 Å². The van der Waals surface area contributed by atoms with Gasteiger partial charge in [-0.05, 0) is 24.3 Å². The Morgan fingerprint density at radius 2 is 1.46 bits per heavy atom. The first-order valence-electron chi connectivity index (χ1n) is 7.55. The Morgan fingerprint density at radius 1 is 0.708 bits per heavy atom. The maximum absolute atomic E-state index is 6.02. The molecule has 116 valence electrons. The monoisotopic (exact) mass is 332 g/mol. The fourth-order valence-corrected chi connectivity index (χ4v) is 2.79. The molecule has 1 aromatic heterocycles. The number of hydrogen-bond acceptors (Lipinski definition) is 3. The Bertz CT molecular complexity index is 1000. The third-order valence-corrected chi connectivity index (χ3v) is 3.95. The average molecular weight is 333 g/mol. The van der Waals surface area contributed by atoms with E-state index in [1.54, 1.807) is 12.1 Å². The van der Waals surface area contributed by atoms with Crippen molar-refractivity contribution in [3.05, 3.63) is 83.9 Å². The van der Waals surface area contributed by atoms with Crippen LogP contribution in [0.3, 0.4) is 0 Å². The zero-order valence-corrected chi connectivity index (χ0v) is 13.4. The maximum atomic E-state index is 6.02. The highest BCUT2D eigenvalue weighted by atomic mass is 35.5. The molecule has 0 unspecified atom stereocenters. The molecule has 0 N–H and O–H groups in total. The molecule has 0 saturated carbocycles. The van der Waals surface area contributed by atoms with Gasteiger partial charge < -0.3 is 4.74 Å². The third-order valence-electron chi connectivity index (χ3n) is 3.71. The molecule has 24 heavy (non-hydrogen) atoms. The number of fused-ring (bicyclic) bond motifs is 1. The van der Waals surface area contributed by atoms with E-state index in [2.05, 4.69) is 10.2 Å². The number of rotatable bonds is 3. The predicted molar refractivity (Wildman–Crippen MR) is 96.5 cm³/mol. The van der Waals surface area contributed by atoms with E-state index >= 15 is 0 Å². The summed E-state index contributed by atoms with van der Waals surface area (Å²) in [7, 11) is 0. The van der Waals surface area contributed by atoms with Crippen LogP contribution in [0.4, 0.5) is 0 Å². The largest absolute Gasteiger partial charge is 0.437 e. The van der Waals surface area contributed by atoms with E-state index in [1.807, 2.05) is 66.7 Å². The molecule has 0 aliphatic carbocycles. The van der Waals surface area contributed by atoms with Gasteiger partial charge >= 0.3 is 0 Å². The molecule has 0 spiro atoms. The van der Waals surface area contributed by atoms with Crippen LogP contribution in [0.25, 0.3) is 22.0 Å². The second-order valence-corrected chi connectivity index (χ2v) is 5.76. The second-order valence-electron chi connectivity index (χ2n) is 5.32. The summed E-state index contributed by atoms with van der Waals surface area (Å²) < 4.78 is 5.91. The van der Waals surface area contributed by atoms with Gasteiger partial charge in [0.15, 0.2) is 0 Å². The highest BCUT2D eigenvalue weighted by molar-refractivity contribution is 6.30. The SMILES string of the molecule is Clc1cccc(Oc2nnc(-c3ccccc3)c3ccccc23)c1. The van der Waals surface area contributed by atoms with Gasteiger partial charge in [-0.1, -0.05) is 66.2 Å². The van der Waals surface area contributed by atoms with Gasteiger partial charge in [0.2, 0.25) is 5.88 Å². The second kappa shape index (κ2) is 6.30. The number of halogens is 1. The van der Waals surface area contributed by atoms with Crippen LogP contribution in [0.2, 0.25) is 5.02 Å². The summed E-state index contributed by atoms with van der Waals surface area (Å²) in [5.74, 6) is 1.10. The van der Waals surface area contributed by atoms with E-state index < -0.39 is 0 Å². The quantitative estimate of drug-likeness (QED) is 0.479. The van der Waals surface area contributed by atoms with Crippen molar-refractivity contribution in [2.45, 2.75) is 0 Å². The normalized spacial score (nSPS) is 10.7. The molecule has 4 heteroatoms. The van der Waals surface area contributed by atoms with Crippen molar-refractivity contribution in [1.29, 1.82) is 0 Å². The van der Waals surface area contributed by atoms with E-state index in [0.29, 0.717) is 16.7 Å². The van der Waals surface area contributed by atoms with Crippen molar-refractivity contribution < 1.29 is 4.74 Å². The van der Waals surface area contributed by atoms with Gasteiger partial charge in [-0.2, -0.15) is 0 Å². The molecule has 0 radical (unpaired) electrons. The molecule has 0 bridgehead atoms. The smallest absolute Gasteiger partial charge is 0.246 e. The summed E-state index contributed by atoms with van der Waals surface area (Å²) in [6.45, 7) is 0. The molecule has 0 fully saturated rings. The lowest BCUT2D eigenvalue weighted by Gasteiger charge is -2.10. The van der Waals surface area contributed by atoms with E-state index in [9.17, 15) is 0 Å². The summed E-state index contributed by atoms with van der Waals surface area (Å²) >= 11 is 6.02. The lowest BCUT2D eigenvalue weighted by atomic mass is 10.1. The maximum Gasteiger partial charge on any atom is 0.246 e. The van der Waals surface area contributed by atoms with E-state index in [0.717, 1.165) is 22.0 Å². The standard InChI is InChI=1S/C20H13ClN2O/c21-15-9-6-10-16(13-15)24-20-18-12-5-4-11-17(18)19(22-23-20)14-7-2-1-3-8-14/h1-13H. The van der Waals surface area contributed by atoms with Crippen LogP contribution >= 0.6 is 11.6 Å². The molecular weight excluding hydrogens is 320 g/mol. The Hall–Kier alpha value is -2.91. The minimum Gasteiger partial charge on any atom is -0.437 e. The number of nitrogens with zero attached hydrogens (tertiary/aromatic N) is 2. The first kappa shape index (κ1) is 14.7. The highest BCUT2D eigenvalue weighted by Crippen LogP contribution is 2.33. The minimum absolute atomic E-state index is 0.465. The molecule has 0 aliphatic heterocycles. The fourth-order valence-electron chi connectivity index (χ4n) is 2.61. The van der Waals surface area contributed by atoms with Gasteiger partial charge in [0.05, 0.1) is 0 Å². The van der Waals surface area contributed by atoms with Crippen molar-refractivity contribution in [2.75, 3.05) is 0 Å². The topological polar surface area (TPSA) is 35.0 Å². The zero-order valence-electron chi connectivity index (χ0n) is 12.7. The molecule has 4 aromatic rings. The molecule has 3 nitrogen and oxygen atoms in total. The molecule has 0 aliphatic rings. The lowest BCUT2D eigenvalue weighted by molar-refractivity contribution is 0.462. The van der Waals surface area contributed by atoms with Crippen molar-refractivity contribution >= 4 is 22.4 Å². The van der Waals surface area contributed by atoms with Gasteiger partial charge in [-0.15, -0.1) is 10.2 Å². The Morgan fingerprint density at radius 3 is 2.25 bits per heavy atom. The van der Waals surface area contributed by atoms with E-state index in [1.165, 1.54) is 0 Å². The summed E-state index contributed by atoms with van der Waals surface area (Å²) in [6, 6.07) is 25.2. The summed E-state index contributed by atoms with van der Waals surface area (Å²) in [5, 5.41) is 11.2. The van der Waals surface area contributed by atoms with Crippen LogP contribution in [-0.2, 0) is 0 Å². The van der Waals surface area contributed by atoms with Gasteiger partial charge in [-0.3, -0.25) is 0 Å².